The van der Waals surface area contributed by atoms with Gasteiger partial charge in [-0.3, -0.25) is 0 Å². The zero-order chi connectivity index (χ0) is 10.4. The Kier molecular flexibility index (Phi) is 5.03. The molecule has 0 bridgehead atoms. The molecule has 0 aliphatic carbocycles. The minimum Gasteiger partial charge on any atom is -0.0843 e. The zero-order valence-corrected chi connectivity index (χ0v) is 9.56. The zero-order valence-electron chi connectivity index (χ0n) is 8.80. The molecule has 1 heteroatoms. The van der Waals surface area contributed by atoms with Crippen LogP contribution in [0.25, 0.3) is 0 Å². The molecule has 0 spiro atoms. The molecule has 0 aromatic heterocycles. The number of unbranched alkanes of at least 4 members (excludes halogenated alkanes) is 1. The van der Waals surface area contributed by atoms with E-state index >= 15 is 0 Å². The van der Waals surface area contributed by atoms with Gasteiger partial charge in [-0.25, -0.2) is 0 Å². The molecule has 1 unspecified atom stereocenters. The number of halogens is 1. The predicted molar refractivity (Wildman–Crippen MR) is 63.5 cm³/mol. The summed E-state index contributed by atoms with van der Waals surface area (Å²) in [5.41, 5.74) is 1.34. The van der Waals surface area contributed by atoms with E-state index in [4.69, 9.17) is 11.6 Å². The summed E-state index contributed by atoms with van der Waals surface area (Å²) in [6, 6.07) is 8.12. The van der Waals surface area contributed by atoms with Crippen LogP contribution in [0.5, 0.6) is 0 Å². The third-order valence-electron chi connectivity index (χ3n) is 2.30. The molecule has 1 radical (unpaired) electrons. The van der Waals surface area contributed by atoms with Crippen LogP contribution in [0.1, 0.15) is 31.7 Å². The molecular formula is C13H18Cl. The molecule has 0 fully saturated rings. The van der Waals surface area contributed by atoms with Crippen molar-refractivity contribution in [2.75, 3.05) is 0 Å². The summed E-state index contributed by atoms with van der Waals surface area (Å²) >= 11 is 5.90. The Morgan fingerprint density at radius 2 is 2.14 bits per heavy atom. The maximum Gasteiger partial charge on any atom is 0.0408 e. The first-order chi connectivity index (χ1) is 6.68. The van der Waals surface area contributed by atoms with Gasteiger partial charge in [0, 0.05) is 5.02 Å². The second-order valence-corrected chi connectivity index (χ2v) is 4.42. The van der Waals surface area contributed by atoms with Crippen LogP contribution >= 0.6 is 11.6 Å². The van der Waals surface area contributed by atoms with E-state index in [2.05, 4.69) is 26.0 Å². The molecule has 0 aliphatic heterocycles. The Hall–Kier alpha value is -0.490. The number of aryl methyl sites for hydroxylation is 1. The third kappa shape index (κ3) is 4.66. The van der Waals surface area contributed by atoms with Crippen LogP contribution < -0.4 is 0 Å². The number of rotatable bonds is 5. The summed E-state index contributed by atoms with van der Waals surface area (Å²) < 4.78 is 0. The highest BCUT2D eigenvalue weighted by Gasteiger charge is 1.96. The highest BCUT2D eigenvalue weighted by molar-refractivity contribution is 6.30. The van der Waals surface area contributed by atoms with Gasteiger partial charge in [0.2, 0.25) is 0 Å². The van der Waals surface area contributed by atoms with Gasteiger partial charge < -0.3 is 0 Å². The molecule has 1 rings (SSSR count). The van der Waals surface area contributed by atoms with Gasteiger partial charge >= 0.3 is 0 Å². The van der Waals surface area contributed by atoms with Crippen molar-refractivity contribution in [3.63, 3.8) is 0 Å². The van der Waals surface area contributed by atoms with Gasteiger partial charge in [-0.2, -0.15) is 0 Å². The monoisotopic (exact) mass is 209 g/mol. The fourth-order valence-electron chi connectivity index (χ4n) is 1.51. The average molecular weight is 210 g/mol. The summed E-state index contributed by atoms with van der Waals surface area (Å²) in [5, 5.41) is 0.841. The summed E-state index contributed by atoms with van der Waals surface area (Å²) in [6.07, 6.45) is 4.85. The van der Waals surface area contributed by atoms with Crippen molar-refractivity contribution >= 4 is 11.6 Å². The van der Waals surface area contributed by atoms with Crippen molar-refractivity contribution in [1.82, 2.24) is 0 Å². The van der Waals surface area contributed by atoms with E-state index in [1.54, 1.807) is 0 Å². The molecule has 0 heterocycles. The smallest absolute Gasteiger partial charge is 0.0408 e. The van der Waals surface area contributed by atoms with E-state index in [9.17, 15) is 0 Å². The first kappa shape index (κ1) is 11.6. The second kappa shape index (κ2) is 6.08. The normalized spacial score (nSPS) is 10.9. The molecule has 14 heavy (non-hydrogen) atoms. The minimum atomic E-state index is 0.578. The van der Waals surface area contributed by atoms with Gasteiger partial charge in [0.15, 0.2) is 0 Å². The van der Waals surface area contributed by atoms with E-state index in [0.717, 1.165) is 11.4 Å². The average Bonchev–Trinajstić information content (AvgIpc) is 2.12. The minimum absolute atomic E-state index is 0.578. The number of hydrogen-bond donors (Lipinski definition) is 0. The van der Waals surface area contributed by atoms with Gasteiger partial charge in [-0.05, 0) is 36.5 Å². The molecule has 0 amide bonds. The highest BCUT2D eigenvalue weighted by Crippen LogP contribution is 2.14. The maximum absolute atomic E-state index is 5.90. The Morgan fingerprint density at radius 3 is 2.79 bits per heavy atom. The Labute approximate surface area is 92.3 Å². The quantitative estimate of drug-likeness (QED) is 0.626. The van der Waals surface area contributed by atoms with Crippen LogP contribution in [0, 0.1) is 12.8 Å². The van der Waals surface area contributed by atoms with Crippen LogP contribution in [0.2, 0.25) is 5.02 Å². The molecule has 1 atom stereocenters. The van der Waals surface area contributed by atoms with Crippen LogP contribution in [0.15, 0.2) is 24.3 Å². The first-order valence-electron chi connectivity index (χ1n) is 5.26. The molecule has 0 saturated carbocycles. The highest BCUT2D eigenvalue weighted by atomic mass is 35.5. The fourth-order valence-corrected chi connectivity index (χ4v) is 1.73. The van der Waals surface area contributed by atoms with Crippen LogP contribution in [-0.2, 0) is 6.42 Å². The van der Waals surface area contributed by atoms with Gasteiger partial charge in [0.05, 0.1) is 0 Å². The lowest BCUT2D eigenvalue weighted by molar-refractivity contribution is 0.578. The van der Waals surface area contributed by atoms with Crippen molar-refractivity contribution < 1.29 is 0 Å². The van der Waals surface area contributed by atoms with Crippen molar-refractivity contribution in [3.05, 3.63) is 41.8 Å². The van der Waals surface area contributed by atoms with Crippen LogP contribution in [0.4, 0.5) is 0 Å². The molecular weight excluding hydrogens is 192 g/mol. The fraction of sp³-hybridized carbons (Fsp3) is 0.462. The van der Waals surface area contributed by atoms with Gasteiger partial charge in [-0.1, -0.05) is 50.4 Å². The lowest BCUT2D eigenvalue weighted by Crippen LogP contribution is -1.90. The van der Waals surface area contributed by atoms with E-state index in [-0.39, 0.29) is 0 Å². The van der Waals surface area contributed by atoms with Crippen molar-refractivity contribution in [1.29, 1.82) is 0 Å². The largest absolute Gasteiger partial charge is 0.0843 e. The molecule has 0 nitrogen and oxygen atoms in total. The molecule has 77 valence electrons. The molecule has 0 N–H and O–H groups in total. The summed E-state index contributed by atoms with van der Waals surface area (Å²) in [6.45, 7) is 6.14. The predicted octanol–water partition coefficient (Wildman–Crippen LogP) is 4.52. The summed E-state index contributed by atoms with van der Waals surface area (Å²) in [7, 11) is 0. The molecule has 0 saturated heterocycles. The van der Waals surface area contributed by atoms with E-state index in [1.807, 2.05) is 12.1 Å². The lowest BCUT2D eigenvalue weighted by atomic mass is 10.0. The van der Waals surface area contributed by atoms with Gasteiger partial charge in [-0.15, -0.1) is 0 Å². The van der Waals surface area contributed by atoms with E-state index < -0.39 is 0 Å². The SMILES string of the molecule is [CH2]C(C)CCCCc1cccc(Cl)c1. The summed E-state index contributed by atoms with van der Waals surface area (Å²) in [4.78, 5) is 0. The summed E-state index contributed by atoms with van der Waals surface area (Å²) in [5.74, 6) is 0.578. The topological polar surface area (TPSA) is 0 Å². The standard InChI is InChI=1S/C13H18Cl/c1-11(2)6-3-4-7-12-8-5-9-13(14)10-12/h5,8-11H,1,3-4,6-7H2,2H3. The van der Waals surface area contributed by atoms with E-state index in [0.29, 0.717) is 5.92 Å². The van der Waals surface area contributed by atoms with Crippen LogP contribution in [-0.4, -0.2) is 0 Å². The van der Waals surface area contributed by atoms with E-state index in [1.165, 1.54) is 24.8 Å². The maximum atomic E-state index is 5.90. The molecule has 1 aromatic carbocycles. The number of benzene rings is 1. The van der Waals surface area contributed by atoms with Gasteiger partial charge in [0.25, 0.3) is 0 Å². The van der Waals surface area contributed by atoms with Crippen molar-refractivity contribution in [2.24, 2.45) is 5.92 Å². The van der Waals surface area contributed by atoms with Crippen molar-refractivity contribution in [2.45, 2.75) is 32.6 Å². The lowest BCUT2D eigenvalue weighted by Gasteiger charge is -2.04. The molecule has 1 aromatic rings. The Bertz CT molecular complexity index is 266. The van der Waals surface area contributed by atoms with Crippen molar-refractivity contribution in [3.8, 4) is 0 Å². The van der Waals surface area contributed by atoms with Crippen LogP contribution in [0.3, 0.4) is 0 Å². The Morgan fingerprint density at radius 1 is 1.36 bits per heavy atom. The van der Waals surface area contributed by atoms with Gasteiger partial charge in [0.1, 0.15) is 0 Å². The molecule has 0 aliphatic rings. The Balaban J connectivity index is 2.25. The second-order valence-electron chi connectivity index (χ2n) is 3.98. The first-order valence-corrected chi connectivity index (χ1v) is 5.64. The number of hydrogen-bond acceptors (Lipinski definition) is 0. The third-order valence-corrected chi connectivity index (χ3v) is 2.54.